The van der Waals surface area contributed by atoms with Gasteiger partial charge >= 0.3 is 5.97 Å². The van der Waals surface area contributed by atoms with Crippen molar-refractivity contribution in [2.24, 2.45) is 0 Å². The third-order valence-electron chi connectivity index (χ3n) is 2.67. The van der Waals surface area contributed by atoms with Gasteiger partial charge in [0.1, 0.15) is 5.82 Å². The summed E-state index contributed by atoms with van der Waals surface area (Å²) in [5, 5.41) is 3.16. The number of aryl methyl sites for hydroxylation is 2. The Balaban J connectivity index is 2.26. The highest BCUT2D eigenvalue weighted by molar-refractivity contribution is 5.85. The molecule has 0 saturated carbocycles. The average molecular weight is 257 g/mol. The molecule has 98 valence electrons. The molecular formula is C14H15N3O2. The van der Waals surface area contributed by atoms with Crippen molar-refractivity contribution in [3.05, 3.63) is 47.4 Å². The number of hydrogen-bond acceptors (Lipinski definition) is 5. The number of nitrogens with zero attached hydrogens (tertiary/aromatic N) is 2. The van der Waals surface area contributed by atoms with Crippen LogP contribution < -0.4 is 5.32 Å². The number of hydrogen-bond donors (Lipinski definition) is 1. The average Bonchev–Trinajstić information content (AvgIpc) is 2.41. The molecule has 5 nitrogen and oxygen atoms in total. The smallest absolute Gasteiger partial charge is 0.376 e. The standard InChI is InChI=1S/C14H15N3O2/c1-9-4-5-11(10(2)8-9)16-12-6-7-15-13(17-12)14(18)19-3/h4-8H,1-3H3,(H,15,16,17). The second-order valence-corrected chi connectivity index (χ2v) is 4.20. The van der Waals surface area contributed by atoms with Crippen LogP contribution in [0.5, 0.6) is 0 Å². The first kappa shape index (κ1) is 13.0. The zero-order valence-corrected chi connectivity index (χ0v) is 11.1. The van der Waals surface area contributed by atoms with E-state index in [1.165, 1.54) is 18.9 Å². The quantitative estimate of drug-likeness (QED) is 0.856. The predicted octanol–water partition coefficient (Wildman–Crippen LogP) is 2.62. The lowest BCUT2D eigenvalue weighted by Crippen LogP contribution is -2.08. The maximum absolute atomic E-state index is 11.4. The van der Waals surface area contributed by atoms with Gasteiger partial charge in [0.05, 0.1) is 7.11 Å². The summed E-state index contributed by atoms with van der Waals surface area (Å²) in [6.07, 6.45) is 1.52. The third-order valence-corrected chi connectivity index (χ3v) is 2.67. The molecule has 0 radical (unpaired) electrons. The number of esters is 1. The van der Waals surface area contributed by atoms with Crippen LogP contribution in [0.3, 0.4) is 0 Å². The Bertz CT molecular complexity index is 611. The minimum atomic E-state index is -0.552. The Morgan fingerprint density at radius 2 is 2.05 bits per heavy atom. The van der Waals surface area contributed by atoms with E-state index in [1.54, 1.807) is 6.07 Å². The number of carbonyl (C=O) groups excluding carboxylic acids is 1. The Hall–Kier alpha value is -2.43. The number of aromatic nitrogens is 2. The van der Waals surface area contributed by atoms with Crippen molar-refractivity contribution in [3.63, 3.8) is 0 Å². The lowest BCUT2D eigenvalue weighted by molar-refractivity contribution is 0.0587. The van der Waals surface area contributed by atoms with Crippen molar-refractivity contribution >= 4 is 17.5 Å². The van der Waals surface area contributed by atoms with Gasteiger partial charge in [-0.15, -0.1) is 0 Å². The molecule has 1 aromatic heterocycles. The first-order chi connectivity index (χ1) is 9.10. The molecule has 1 aromatic carbocycles. The van der Waals surface area contributed by atoms with Crippen LogP contribution in [0.25, 0.3) is 0 Å². The number of methoxy groups -OCH3 is 1. The summed E-state index contributed by atoms with van der Waals surface area (Å²) in [6.45, 7) is 4.05. The summed E-state index contributed by atoms with van der Waals surface area (Å²) in [5.74, 6) is 0.0453. The molecular weight excluding hydrogens is 242 g/mol. The Morgan fingerprint density at radius 3 is 2.74 bits per heavy atom. The third kappa shape index (κ3) is 3.07. The highest BCUT2D eigenvalue weighted by Gasteiger charge is 2.09. The minimum absolute atomic E-state index is 0.0391. The molecule has 19 heavy (non-hydrogen) atoms. The fourth-order valence-electron chi connectivity index (χ4n) is 1.71. The van der Waals surface area contributed by atoms with E-state index in [1.807, 2.05) is 26.0 Å². The zero-order chi connectivity index (χ0) is 13.8. The van der Waals surface area contributed by atoms with E-state index in [9.17, 15) is 4.79 Å². The van der Waals surface area contributed by atoms with Gasteiger partial charge in [-0.2, -0.15) is 0 Å². The van der Waals surface area contributed by atoms with Crippen molar-refractivity contribution in [2.45, 2.75) is 13.8 Å². The second kappa shape index (κ2) is 5.48. The molecule has 0 amide bonds. The van der Waals surface area contributed by atoms with Gasteiger partial charge < -0.3 is 10.1 Å². The summed E-state index contributed by atoms with van der Waals surface area (Å²) in [7, 11) is 1.30. The molecule has 2 rings (SSSR count). The van der Waals surface area contributed by atoms with Crippen molar-refractivity contribution in [1.82, 2.24) is 9.97 Å². The molecule has 0 spiro atoms. The SMILES string of the molecule is COC(=O)c1nccc(Nc2ccc(C)cc2C)n1. The van der Waals surface area contributed by atoms with Gasteiger partial charge in [-0.05, 0) is 31.5 Å². The van der Waals surface area contributed by atoms with Crippen LogP contribution in [0.1, 0.15) is 21.7 Å². The van der Waals surface area contributed by atoms with E-state index in [2.05, 4.69) is 26.1 Å². The molecule has 0 atom stereocenters. The summed E-state index contributed by atoms with van der Waals surface area (Å²) < 4.78 is 4.59. The van der Waals surface area contributed by atoms with Crippen molar-refractivity contribution < 1.29 is 9.53 Å². The molecule has 0 aliphatic heterocycles. The van der Waals surface area contributed by atoms with Crippen molar-refractivity contribution in [2.75, 3.05) is 12.4 Å². The molecule has 0 bridgehead atoms. The van der Waals surface area contributed by atoms with Crippen LogP contribution in [0.4, 0.5) is 11.5 Å². The highest BCUT2D eigenvalue weighted by Crippen LogP contribution is 2.20. The van der Waals surface area contributed by atoms with Gasteiger partial charge in [0.25, 0.3) is 0 Å². The molecule has 0 fully saturated rings. The van der Waals surface area contributed by atoms with Crippen LogP contribution in [-0.2, 0) is 4.74 Å². The number of carbonyl (C=O) groups is 1. The maximum atomic E-state index is 11.4. The summed E-state index contributed by atoms with van der Waals surface area (Å²) in [5.41, 5.74) is 3.25. The van der Waals surface area contributed by atoms with Crippen molar-refractivity contribution in [3.8, 4) is 0 Å². The fourth-order valence-corrected chi connectivity index (χ4v) is 1.71. The number of anilines is 2. The van der Waals surface area contributed by atoms with Crippen LogP contribution in [0, 0.1) is 13.8 Å². The molecule has 1 N–H and O–H groups in total. The molecule has 0 unspecified atom stereocenters. The normalized spacial score (nSPS) is 10.1. The van der Waals surface area contributed by atoms with Gasteiger partial charge in [-0.25, -0.2) is 14.8 Å². The van der Waals surface area contributed by atoms with E-state index in [4.69, 9.17) is 0 Å². The molecule has 0 aliphatic rings. The molecule has 0 saturated heterocycles. The predicted molar refractivity (Wildman–Crippen MR) is 72.6 cm³/mol. The van der Waals surface area contributed by atoms with Crippen LogP contribution in [-0.4, -0.2) is 23.0 Å². The minimum Gasteiger partial charge on any atom is -0.463 e. The van der Waals surface area contributed by atoms with Crippen LogP contribution >= 0.6 is 0 Å². The van der Waals surface area contributed by atoms with Gasteiger partial charge in [-0.3, -0.25) is 0 Å². The lowest BCUT2D eigenvalue weighted by Gasteiger charge is -2.09. The summed E-state index contributed by atoms with van der Waals surface area (Å²) in [6, 6.07) is 7.76. The molecule has 2 aromatic rings. The van der Waals surface area contributed by atoms with E-state index < -0.39 is 5.97 Å². The van der Waals surface area contributed by atoms with Crippen molar-refractivity contribution in [1.29, 1.82) is 0 Å². The number of ether oxygens (including phenoxy) is 1. The summed E-state index contributed by atoms with van der Waals surface area (Å²) in [4.78, 5) is 19.3. The monoisotopic (exact) mass is 257 g/mol. The largest absolute Gasteiger partial charge is 0.463 e. The Kier molecular flexibility index (Phi) is 3.75. The maximum Gasteiger partial charge on any atom is 0.376 e. The Morgan fingerprint density at radius 1 is 1.26 bits per heavy atom. The molecule has 5 heteroatoms. The van der Waals surface area contributed by atoms with Gasteiger partial charge in [0, 0.05) is 11.9 Å². The first-order valence-corrected chi connectivity index (χ1v) is 5.86. The highest BCUT2D eigenvalue weighted by atomic mass is 16.5. The summed E-state index contributed by atoms with van der Waals surface area (Å²) >= 11 is 0. The number of benzene rings is 1. The van der Waals surface area contributed by atoms with Crippen LogP contribution in [0.15, 0.2) is 30.5 Å². The van der Waals surface area contributed by atoms with Gasteiger partial charge in [0.15, 0.2) is 0 Å². The second-order valence-electron chi connectivity index (χ2n) is 4.20. The number of nitrogens with one attached hydrogen (secondary N) is 1. The van der Waals surface area contributed by atoms with E-state index in [0.29, 0.717) is 5.82 Å². The van der Waals surface area contributed by atoms with E-state index >= 15 is 0 Å². The van der Waals surface area contributed by atoms with Crippen LogP contribution in [0.2, 0.25) is 0 Å². The molecule has 0 aliphatic carbocycles. The first-order valence-electron chi connectivity index (χ1n) is 5.86. The number of rotatable bonds is 3. The van der Waals surface area contributed by atoms with Gasteiger partial charge in [0.2, 0.25) is 5.82 Å². The fraction of sp³-hybridized carbons (Fsp3) is 0.214. The topological polar surface area (TPSA) is 64.1 Å². The lowest BCUT2D eigenvalue weighted by atomic mass is 10.1. The Labute approximate surface area is 111 Å². The van der Waals surface area contributed by atoms with Gasteiger partial charge in [-0.1, -0.05) is 17.7 Å². The van der Waals surface area contributed by atoms with E-state index in [-0.39, 0.29) is 5.82 Å². The molecule has 1 heterocycles. The van der Waals surface area contributed by atoms with E-state index in [0.717, 1.165) is 11.3 Å². The zero-order valence-electron chi connectivity index (χ0n) is 11.1.